The number of carbonyl (C=O) groups excluding carboxylic acids is 2. The first kappa shape index (κ1) is 19.8. The molecule has 1 aliphatic carbocycles. The van der Waals surface area contributed by atoms with Crippen molar-refractivity contribution < 1.29 is 27.5 Å². The fourth-order valence-corrected chi connectivity index (χ4v) is 2.46. The molecule has 2 aromatic heterocycles. The number of alkyl halides is 3. The maximum absolute atomic E-state index is 12.5. The molecule has 0 atom stereocenters. The molecule has 1 fully saturated rings. The summed E-state index contributed by atoms with van der Waals surface area (Å²) in [6.07, 6.45) is 0.0870. The zero-order chi connectivity index (χ0) is 20.2. The predicted octanol–water partition coefficient (Wildman–Crippen LogP) is 1.22. The first-order valence-corrected chi connectivity index (χ1v) is 8.47. The summed E-state index contributed by atoms with van der Waals surface area (Å²) in [6.45, 7) is -2.08. The third kappa shape index (κ3) is 5.52. The Morgan fingerprint density at radius 2 is 2.04 bits per heavy atom. The summed E-state index contributed by atoms with van der Waals surface area (Å²) >= 11 is 0. The van der Waals surface area contributed by atoms with E-state index in [4.69, 9.17) is 0 Å². The van der Waals surface area contributed by atoms with E-state index in [0.29, 0.717) is 18.7 Å². The third-order valence-corrected chi connectivity index (χ3v) is 4.06. The van der Waals surface area contributed by atoms with Crippen molar-refractivity contribution in [1.29, 1.82) is 0 Å². The smallest absolute Gasteiger partial charge is 0.362 e. The Balaban J connectivity index is 1.50. The Morgan fingerprint density at radius 3 is 2.68 bits per heavy atom. The largest absolute Gasteiger partial charge is 0.411 e. The number of hydrogen-bond donors (Lipinski definition) is 2. The van der Waals surface area contributed by atoms with Crippen molar-refractivity contribution in [3.8, 4) is 5.82 Å². The highest BCUT2D eigenvalue weighted by Crippen LogP contribution is 2.34. The Kier molecular flexibility index (Phi) is 5.63. The number of hydrogen-bond acceptors (Lipinski definition) is 5. The number of halogens is 3. The van der Waals surface area contributed by atoms with Crippen molar-refractivity contribution in [2.75, 3.05) is 19.8 Å². The quantitative estimate of drug-likeness (QED) is 0.698. The molecule has 2 aromatic rings. The molecule has 0 saturated heterocycles. The minimum atomic E-state index is -4.48. The summed E-state index contributed by atoms with van der Waals surface area (Å²) in [6, 6.07) is 6.67. The summed E-state index contributed by atoms with van der Waals surface area (Å²) < 4.78 is 41.8. The van der Waals surface area contributed by atoms with Gasteiger partial charge in [-0.1, -0.05) is 6.07 Å². The van der Waals surface area contributed by atoms with Crippen LogP contribution in [0.1, 0.15) is 23.3 Å². The Bertz CT molecular complexity index is 835. The van der Waals surface area contributed by atoms with Gasteiger partial charge in [-0.15, -0.1) is 0 Å². The highest BCUT2D eigenvalue weighted by molar-refractivity contribution is 5.93. The van der Waals surface area contributed by atoms with E-state index < -0.39 is 36.7 Å². The van der Waals surface area contributed by atoms with E-state index in [9.17, 15) is 22.8 Å². The fraction of sp³-hybridized carbons (Fsp3) is 0.412. The number of amides is 2. The predicted molar refractivity (Wildman–Crippen MR) is 90.7 cm³/mol. The van der Waals surface area contributed by atoms with Gasteiger partial charge >= 0.3 is 6.18 Å². The minimum absolute atomic E-state index is 0.103. The average Bonchev–Trinajstić information content (AvgIpc) is 3.17. The SMILES string of the molecule is O=C(COCC(F)(F)F)NCC1(NC(=O)c2cccc(-n3cccn3)n2)CC1. The van der Waals surface area contributed by atoms with Crippen molar-refractivity contribution in [2.45, 2.75) is 24.6 Å². The number of nitrogens with one attached hydrogen (secondary N) is 2. The molecule has 0 spiro atoms. The molecule has 0 aromatic carbocycles. The summed E-state index contributed by atoms with van der Waals surface area (Å²) in [5.41, 5.74) is -0.431. The molecular formula is C17H18F3N5O3. The topological polar surface area (TPSA) is 98.1 Å². The van der Waals surface area contributed by atoms with E-state index in [1.165, 1.54) is 4.68 Å². The van der Waals surface area contributed by atoms with Gasteiger partial charge in [0, 0.05) is 18.9 Å². The molecule has 3 rings (SSSR count). The van der Waals surface area contributed by atoms with Crippen LogP contribution in [0.15, 0.2) is 36.7 Å². The number of nitrogens with zero attached hydrogens (tertiary/aromatic N) is 3. The second kappa shape index (κ2) is 7.97. The van der Waals surface area contributed by atoms with Gasteiger partial charge in [0.25, 0.3) is 5.91 Å². The van der Waals surface area contributed by atoms with Crippen LogP contribution in [-0.4, -0.2) is 58.1 Å². The van der Waals surface area contributed by atoms with E-state index in [-0.39, 0.29) is 12.2 Å². The number of carbonyl (C=O) groups is 2. The molecule has 0 aliphatic heterocycles. The van der Waals surface area contributed by atoms with Crippen LogP contribution in [0.2, 0.25) is 0 Å². The number of pyridine rings is 1. The lowest BCUT2D eigenvalue weighted by atomic mass is 10.2. The van der Waals surface area contributed by atoms with Crippen LogP contribution < -0.4 is 10.6 Å². The molecule has 0 unspecified atom stereocenters. The third-order valence-electron chi connectivity index (χ3n) is 4.06. The zero-order valence-electron chi connectivity index (χ0n) is 14.7. The van der Waals surface area contributed by atoms with Gasteiger partial charge in [0.1, 0.15) is 18.9 Å². The first-order chi connectivity index (χ1) is 13.3. The van der Waals surface area contributed by atoms with E-state index in [2.05, 4.69) is 25.5 Å². The van der Waals surface area contributed by atoms with Crippen LogP contribution in [0.4, 0.5) is 13.2 Å². The van der Waals surface area contributed by atoms with Crippen molar-refractivity contribution >= 4 is 11.8 Å². The van der Waals surface area contributed by atoms with Crippen LogP contribution >= 0.6 is 0 Å². The van der Waals surface area contributed by atoms with Crippen LogP contribution in [0.25, 0.3) is 5.82 Å². The first-order valence-electron chi connectivity index (χ1n) is 8.47. The minimum Gasteiger partial charge on any atom is -0.362 e. The summed E-state index contributed by atoms with van der Waals surface area (Å²) in [7, 11) is 0. The number of aromatic nitrogens is 3. The van der Waals surface area contributed by atoms with Gasteiger partial charge in [0.05, 0.1) is 5.54 Å². The van der Waals surface area contributed by atoms with Gasteiger partial charge in [0.2, 0.25) is 5.91 Å². The van der Waals surface area contributed by atoms with Crippen LogP contribution in [0.3, 0.4) is 0 Å². The van der Waals surface area contributed by atoms with E-state index >= 15 is 0 Å². The molecule has 2 amide bonds. The molecule has 0 bridgehead atoms. The van der Waals surface area contributed by atoms with Gasteiger partial charge < -0.3 is 15.4 Å². The highest BCUT2D eigenvalue weighted by atomic mass is 19.4. The maximum Gasteiger partial charge on any atom is 0.411 e. The molecule has 150 valence electrons. The molecular weight excluding hydrogens is 379 g/mol. The van der Waals surface area contributed by atoms with Crippen LogP contribution in [0, 0.1) is 0 Å². The summed E-state index contributed by atoms with van der Waals surface area (Å²) in [5.74, 6) is -0.602. The molecule has 1 saturated carbocycles. The lowest BCUT2D eigenvalue weighted by Crippen LogP contribution is -2.46. The lowest BCUT2D eigenvalue weighted by molar-refractivity contribution is -0.175. The fourth-order valence-electron chi connectivity index (χ4n) is 2.46. The summed E-state index contributed by atoms with van der Waals surface area (Å²) in [5, 5.41) is 9.36. The molecule has 2 heterocycles. The van der Waals surface area contributed by atoms with Crippen molar-refractivity contribution in [3.05, 3.63) is 42.4 Å². The van der Waals surface area contributed by atoms with Gasteiger partial charge in [-0.25, -0.2) is 9.67 Å². The summed E-state index contributed by atoms with van der Waals surface area (Å²) in [4.78, 5) is 28.3. The van der Waals surface area contributed by atoms with Crippen LogP contribution in [0.5, 0.6) is 0 Å². The van der Waals surface area contributed by atoms with Gasteiger partial charge in [-0.3, -0.25) is 9.59 Å². The highest BCUT2D eigenvalue weighted by Gasteiger charge is 2.44. The molecule has 0 radical (unpaired) electrons. The van der Waals surface area contributed by atoms with E-state index in [1.54, 1.807) is 36.7 Å². The van der Waals surface area contributed by atoms with Gasteiger partial charge in [0.15, 0.2) is 5.82 Å². The van der Waals surface area contributed by atoms with Crippen molar-refractivity contribution in [1.82, 2.24) is 25.4 Å². The normalized spacial score (nSPS) is 15.1. The molecule has 11 heteroatoms. The zero-order valence-corrected chi connectivity index (χ0v) is 14.7. The van der Waals surface area contributed by atoms with Gasteiger partial charge in [-0.05, 0) is 31.0 Å². The molecule has 28 heavy (non-hydrogen) atoms. The van der Waals surface area contributed by atoms with Gasteiger partial charge in [-0.2, -0.15) is 18.3 Å². The Labute approximate surface area is 158 Å². The average molecular weight is 397 g/mol. The van der Waals surface area contributed by atoms with E-state index in [1.807, 2.05) is 0 Å². The second-order valence-electron chi connectivity index (χ2n) is 6.45. The maximum atomic E-state index is 12.5. The lowest BCUT2D eigenvalue weighted by Gasteiger charge is -2.18. The molecule has 8 nitrogen and oxygen atoms in total. The van der Waals surface area contributed by atoms with E-state index in [0.717, 1.165) is 0 Å². The molecule has 2 N–H and O–H groups in total. The molecule has 1 aliphatic rings. The van der Waals surface area contributed by atoms with Crippen molar-refractivity contribution in [3.63, 3.8) is 0 Å². The monoisotopic (exact) mass is 397 g/mol. The number of ether oxygens (including phenoxy) is 1. The Hall–Kier alpha value is -2.95. The number of rotatable bonds is 8. The Morgan fingerprint density at radius 1 is 1.25 bits per heavy atom. The van der Waals surface area contributed by atoms with Crippen LogP contribution in [-0.2, 0) is 9.53 Å². The van der Waals surface area contributed by atoms with Crippen molar-refractivity contribution in [2.24, 2.45) is 0 Å². The second-order valence-corrected chi connectivity index (χ2v) is 6.45. The standard InChI is InChI=1S/C17H18F3N5O3/c18-17(19,20)11-28-9-14(26)21-10-16(5-6-16)24-15(27)12-3-1-4-13(23-12)25-8-2-7-22-25/h1-4,7-8H,5-6,9-11H2,(H,21,26)(H,24,27).